The van der Waals surface area contributed by atoms with Crippen LogP contribution in [-0.4, -0.2) is 23.6 Å². The molecule has 3 aromatic rings. The number of hydrogen-bond donors (Lipinski definition) is 0. The number of ether oxygens (including phenoxy) is 2. The molecule has 1 aromatic heterocycles. The number of benzene rings is 2. The van der Waals surface area contributed by atoms with E-state index in [1.165, 1.54) is 29.9 Å². The molecule has 0 unspecified atom stereocenters. The molecule has 0 N–H and O–H groups in total. The summed E-state index contributed by atoms with van der Waals surface area (Å²) in [4.78, 5) is 43.2. The maximum atomic E-state index is 13.7. The molecular formula is C28H28N2O5S. The van der Waals surface area contributed by atoms with Gasteiger partial charge in [0.15, 0.2) is 4.80 Å². The normalized spacial score (nSPS) is 15.8. The molecular weight excluding hydrogens is 476 g/mol. The molecule has 186 valence electrons. The van der Waals surface area contributed by atoms with Crippen molar-refractivity contribution in [3.8, 4) is 5.75 Å². The molecule has 7 nitrogen and oxygen atoms in total. The van der Waals surface area contributed by atoms with Crippen LogP contribution in [0.1, 0.15) is 57.4 Å². The fourth-order valence-electron chi connectivity index (χ4n) is 4.16. The van der Waals surface area contributed by atoms with Crippen molar-refractivity contribution in [2.24, 2.45) is 4.99 Å². The summed E-state index contributed by atoms with van der Waals surface area (Å²) >= 11 is 1.22. The lowest BCUT2D eigenvalue weighted by atomic mass is 9.85. The zero-order valence-corrected chi connectivity index (χ0v) is 21.9. The van der Waals surface area contributed by atoms with E-state index in [1.54, 1.807) is 37.3 Å². The largest absolute Gasteiger partial charge is 0.466 e. The van der Waals surface area contributed by atoms with E-state index >= 15 is 0 Å². The highest BCUT2D eigenvalue weighted by atomic mass is 32.1. The van der Waals surface area contributed by atoms with Crippen LogP contribution < -0.4 is 19.6 Å². The summed E-state index contributed by atoms with van der Waals surface area (Å²) < 4.78 is 12.3. The first-order valence-corrected chi connectivity index (χ1v) is 12.3. The number of carbonyl (C=O) groups is 2. The van der Waals surface area contributed by atoms with Crippen molar-refractivity contribution >= 4 is 29.4 Å². The second kappa shape index (κ2) is 9.70. The Bertz CT molecular complexity index is 1550. The van der Waals surface area contributed by atoms with Crippen LogP contribution >= 0.6 is 11.3 Å². The number of nitrogens with zero attached hydrogens (tertiary/aromatic N) is 2. The summed E-state index contributed by atoms with van der Waals surface area (Å²) in [5.74, 6) is -0.624. The maximum Gasteiger partial charge on any atom is 0.338 e. The molecule has 0 saturated carbocycles. The van der Waals surface area contributed by atoms with E-state index in [-0.39, 0.29) is 11.0 Å². The van der Waals surface area contributed by atoms with Crippen molar-refractivity contribution in [2.45, 2.75) is 46.1 Å². The zero-order chi connectivity index (χ0) is 26.2. The molecule has 0 saturated heterocycles. The number of aromatic nitrogens is 1. The molecule has 8 heteroatoms. The fourth-order valence-corrected chi connectivity index (χ4v) is 5.20. The summed E-state index contributed by atoms with van der Waals surface area (Å²) in [6.45, 7) is 9.45. The van der Waals surface area contributed by atoms with Crippen LogP contribution in [-0.2, 0) is 19.7 Å². The van der Waals surface area contributed by atoms with Gasteiger partial charge in [0.05, 0.1) is 29.0 Å². The van der Waals surface area contributed by atoms with Gasteiger partial charge in [-0.1, -0.05) is 74.6 Å². The minimum atomic E-state index is -0.686. The Morgan fingerprint density at radius 2 is 1.75 bits per heavy atom. The highest BCUT2D eigenvalue weighted by Gasteiger charge is 2.33. The molecule has 4 rings (SSSR count). The molecule has 1 aliphatic rings. The molecule has 0 aliphatic carbocycles. The minimum absolute atomic E-state index is 0.0425. The van der Waals surface area contributed by atoms with E-state index in [0.29, 0.717) is 31.9 Å². The van der Waals surface area contributed by atoms with Crippen molar-refractivity contribution < 1.29 is 19.1 Å². The lowest BCUT2D eigenvalue weighted by molar-refractivity contribution is -0.136. The van der Waals surface area contributed by atoms with Crippen LogP contribution in [0.3, 0.4) is 0 Å². The second-order valence-electron chi connectivity index (χ2n) is 9.58. The number of fused-ring (bicyclic) bond motifs is 1. The quantitative estimate of drug-likeness (QED) is 0.400. The smallest absolute Gasteiger partial charge is 0.338 e. The van der Waals surface area contributed by atoms with Crippen LogP contribution in [0.15, 0.2) is 69.6 Å². The Balaban J connectivity index is 1.93. The van der Waals surface area contributed by atoms with Gasteiger partial charge >= 0.3 is 11.9 Å². The Morgan fingerprint density at radius 3 is 2.36 bits per heavy atom. The summed E-state index contributed by atoms with van der Waals surface area (Å²) in [6, 6.07) is 14.2. The highest BCUT2D eigenvalue weighted by Crippen LogP contribution is 2.32. The van der Waals surface area contributed by atoms with Gasteiger partial charge in [-0.05, 0) is 35.6 Å². The van der Waals surface area contributed by atoms with Gasteiger partial charge in [-0.2, -0.15) is 0 Å². The van der Waals surface area contributed by atoms with Crippen molar-refractivity contribution in [3.05, 3.63) is 96.2 Å². The molecule has 36 heavy (non-hydrogen) atoms. The van der Waals surface area contributed by atoms with Gasteiger partial charge in [0.2, 0.25) is 0 Å². The molecule has 0 bridgehead atoms. The topological polar surface area (TPSA) is 87.0 Å². The number of methoxy groups -OCH3 is 1. The minimum Gasteiger partial charge on any atom is -0.466 e. The first kappa shape index (κ1) is 25.3. The van der Waals surface area contributed by atoms with Crippen molar-refractivity contribution in [2.75, 3.05) is 7.11 Å². The van der Waals surface area contributed by atoms with E-state index < -0.39 is 18.0 Å². The summed E-state index contributed by atoms with van der Waals surface area (Å²) in [5, 5.41) is 0. The van der Waals surface area contributed by atoms with Crippen LogP contribution in [0.4, 0.5) is 0 Å². The maximum absolute atomic E-state index is 13.7. The van der Waals surface area contributed by atoms with Gasteiger partial charge in [0.1, 0.15) is 5.75 Å². The van der Waals surface area contributed by atoms with Gasteiger partial charge in [0, 0.05) is 12.5 Å². The van der Waals surface area contributed by atoms with Crippen LogP contribution in [0.5, 0.6) is 5.75 Å². The summed E-state index contributed by atoms with van der Waals surface area (Å²) in [7, 11) is 1.32. The third-order valence-corrected chi connectivity index (χ3v) is 6.96. The molecule has 1 atom stereocenters. The van der Waals surface area contributed by atoms with Crippen molar-refractivity contribution in [3.63, 3.8) is 0 Å². The number of allylic oxidation sites excluding steroid dienone is 1. The fraction of sp³-hybridized carbons (Fsp3) is 0.286. The first-order valence-electron chi connectivity index (χ1n) is 11.5. The van der Waals surface area contributed by atoms with E-state index in [0.717, 1.165) is 11.1 Å². The van der Waals surface area contributed by atoms with Crippen molar-refractivity contribution in [1.29, 1.82) is 0 Å². The van der Waals surface area contributed by atoms with E-state index in [4.69, 9.17) is 9.47 Å². The Morgan fingerprint density at radius 1 is 1.08 bits per heavy atom. The van der Waals surface area contributed by atoms with Gasteiger partial charge in [-0.25, -0.2) is 9.79 Å². The predicted octanol–water partition coefficient (Wildman–Crippen LogP) is 3.63. The Kier molecular flexibility index (Phi) is 6.82. The van der Waals surface area contributed by atoms with Crippen LogP contribution in [0.2, 0.25) is 0 Å². The average Bonchev–Trinajstić information content (AvgIpc) is 3.12. The number of esters is 2. The Hall–Kier alpha value is -3.78. The molecule has 0 radical (unpaired) electrons. The number of rotatable bonds is 4. The van der Waals surface area contributed by atoms with E-state index in [1.807, 2.05) is 24.3 Å². The summed E-state index contributed by atoms with van der Waals surface area (Å²) in [6.07, 6.45) is 1.68. The van der Waals surface area contributed by atoms with Crippen LogP contribution in [0.25, 0.3) is 6.08 Å². The van der Waals surface area contributed by atoms with Gasteiger partial charge in [0.25, 0.3) is 5.56 Å². The average molecular weight is 505 g/mol. The van der Waals surface area contributed by atoms with Gasteiger partial charge < -0.3 is 9.47 Å². The number of para-hydroxylation sites is 1. The number of carbonyl (C=O) groups excluding carboxylic acids is 2. The highest BCUT2D eigenvalue weighted by molar-refractivity contribution is 7.07. The molecule has 0 spiro atoms. The lowest BCUT2D eigenvalue weighted by Gasteiger charge is -2.25. The van der Waals surface area contributed by atoms with E-state index in [2.05, 4.69) is 25.8 Å². The number of thiazole rings is 1. The van der Waals surface area contributed by atoms with Gasteiger partial charge in [-0.3, -0.25) is 14.2 Å². The molecule has 2 heterocycles. The van der Waals surface area contributed by atoms with E-state index in [9.17, 15) is 14.4 Å². The third-order valence-electron chi connectivity index (χ3n) is 5.98. The molecule has 0 fully saturated rings. The molecule has 2 aromatic carbocycles. The zero-order valence-electron chi connectivity index (χ0n) is 21.1. The van der Waals surface area contributed by atoms with Gasteiger partial charge in [-0.15, -0.1) is 0 Å². The van der Waals surface area contributed by atoms with Crippen LogP contribution in [0, 0.1) is 0 Å². The first-order chi connectivity index (χ1) is 17.0. The lowest BCUT2D eigenvalue weighted by Crippen LogP contribution is -2.39. The number of hydrogen-bond acceptors (Lipinski definition) is 7. The standard InChI is InChI=1S/C28H28N2O5S/c1-16-23(26(33)34-6)24(18-11-13-20(14-12-18)28(3,4)5)30-25(32)22(36-27(30)29-16)15-19-9-7-8-10-21(19)35-17(2)31/h7-15,24H,1-6H3/b22-15-/t24-/m1/s1. The predicted molar refractivity (Wildman–Crippen MR) is 139 cm³/mol. The third kappa shape index (κ3) is 4.81. The van der Waals surface area contributed by atoms with Crippen molar-refractivity contribution in [1.82, 2.24) is 4.57 Å². The SMILES string of the molecule is COC(=O)C1=C(C)N=c2s/c(=C\c3ccccc3OC(C)=O)c(=O)n2[C@@H]1c1ccc(C(C)(C)C)cc1. The summed E-state index contributed by atoms with van der Waals surface area (Å²) in [5.41, 5.74) is 2.99. The second-order valence-corrected chi connectivity index (χ2v) is 10.6. The Labute approximate surface area is 213 Å². The molecule has 1 aliphatic heterocycles. The monoisotopic (exact) mass is 504 g/mol. The molecule has 0 amide bonds.